The van der Waals surface area contributed by atoms with Crippen LogP contribution in [-0.2, 0) is 19.9 Å². The highest BCUT2D eigenvalue weighted by Crippen LogP contribution is 2.21. The molecule has 0 aliphatic heterocycles. The number of sulfone groups is 1. The second kappa shape index (κ2) is 8.84. The van der Waals surface area contributed by atoms with E-state index in [9.17, 15) is 21.6 Å². The molecule has 0 saturated heterocycles. The third kappa shape index (κ3) is 5.81. The largest absolute Gasteiger partial charge is 0.342 e. The maximum atomic E-state index is 12.7. The number of hydrogen-bond donors (Lipinski definition) is 2. The van der Waals surface area contributed by atoms with Crippen molar-refractivity contribution in [3.05, 3.63) is 59.3 Å². The van der Waals surface area contributed by atoms with Crippen LogP contribution in [0.25, 0.3) is 5.82 Å². The quantitative estimate of drug-likeness (QED) is 0.497. The van der Waals surface area contributed by atoms with Crippen molar-refractivity contribution in [3.8, 4) is 5.82 Å². The second-order valence-electron chi connectivity index (χ2n) is 6.95. The van der Waals surface area contributed by atoms with Crippen LogP contribution in [-0.4, -0.2) is 55.0 Å². The van der Waals surface area contributed by atoms with Crippen LogP contribution in [0.15, 0.2) is 47.8 Å². The van der Waals surface area contributed by atoms with Crippen molar-refractivity contribution in [2.45, 2.75) is 17.9 Å². The van der Waals surface area contributed by atoms with E-state index in [1.54, 1.807) is 6.92 Å². The van der Waals surface area contributed by atoms with E-state index >= 15 is 0 Å². The van der Waals surface area contributed by atoms with Crippen LogP contribution in [0.2, 0.25) is 5.02 Å². The van der Waals surface area contributed by atoms with E-state index < -0.39 is 31.8 Å². The molecule has 0 bridgehead atoms. The van der Waals surface area contributed by atoms with Crippen molar-refractivity contribution >= 4 is 43.1 Å². The molecule has 1 aromatic carbocycles. The van der Waals surface area contributed by atoms with E-state index in [0.717, 1.165) is 12.5 Å². The first-order chi connectivity index (χ1) is 14.8. The molecule has 14 heteroatoms. The van der Waals surface area contributed by atoms with Gasteiger partial charge in [-0.05, 0) is 37.3 Å². The lowest BCUT2D eigenvalue weighted by atomic mass is 10.2. The van der Waals surface area contributed by atoms with Gasteiger partial charge < -0.3 is 5.32 Å². The van der Waals surface area contributed by atoms with E-state index in [1.807, 2.05) is 0 Å². The van der Waals surface area contributed by atoms with E-state index in [-0.39, 0.29) is 21.2 Å². The molecule has 0 spiro atoms. The van der Waals surface area contributed by atoms with Crippen LogP contribution in [0.5, 0.6) is 0 Å². The molecular weight excluding hydrogens is 480 g/mol. The first kappa shape index (κ1) is 23.6. The van der Waals surface area contributed by atoms with Crippen molar-refractivity contribution < 1.29 is 21.6 Å². The number of benzene rings is 1. The Morgan fingerprint density at radius 2 is 1.81 bits per heavy atom. The van der Waals surface area contributed by atoms with Gasteiger partial charge in [-0.1, -0.05) is 11.6 Å². The van der Waals surface area contributed by atoms with Gasteiger partial charge in [0.05, 0.1) is 29.1 Å². The van der Waals surface area contributed by atoms with Gasteiger partial charge in [0, 0.05) is 16.8 Å². The number of carbonyl (C=O) groups excluding carboxylic acids is 1. The maximum Gasteiger partial charge on any atom is 0.251 e. The minimum Gasteiger partial charge on any atom is -0.342 e. The van der Waals surface area contributed by atoms with Crippen LogP contribution in [0.3, 0.4) is 0 Å². The fourth-order valence-electron chi connectivity index (χ4n) is 2.76. The van der Waals surface area contributed by atoms with Crippen LogP contribution < -0.4 is 10.0 Å². The average molecular weight is 499 g/mol. The van der Waals surface area contributed by atoms with Gasteiger partial charge in [0.1, 0.15) is 6.33 Å². The molecule has 0 aliphatic rings. The highest BCUT2D eigenvalue weighted by atomic mass is 35.5. The number of sulfonamides is 1. The highest BCUT2D eigenvalue weighted by molar-refractivity contribution is 7.92. The van der Waals surface area contributed by atoms with Gasteiger partial charge in [-0.25, -0.2) is 26.8 Å². The zero-order chi connectivity index (χ0) is 23.7. The SMILES string of the molecule is C[C@@H](NC(=O)c1cc(Cl)cc(S(C)(=O)=O)c1)c1ncnn1-c1ccc(NS(C)(=O)=O)cn1. The smallest absolute Gasteiger partial charge is 0.251 e. The summed E-state index contributed by atoms with van der Waals surface area (Å²) < 4.78 is 50.0. The minimum atomic E-state index is -3.55. The number of nitrogens with zero attached hydrogens (tertiary/aromatic N) is 4. The summed E-state index contributed by atoms with van der Waals surface area (Å²) in [5.41, 5.74) is 0.354. The fourth-order valence-corrected chi connectivity index (χ4v) is 4.29. The third-order valence-corrected chi connectivity index (χ3v) is 6.06. The number of pyridine rings is 1. The number of halogens is 1. The lowest BCUT2D eigenvalue weighted by Gasteiger charge is -2.15. The predicted molar refractivity (Wildman–Crippen MR) is 118 cm³/mol. The molecule has 0 aliphatic carbocycles. The third-order valence-electron chi connectivity index (χ3n) is 4.14. The summed E-state index contributed by atoms with van der Waals surface area (Å²) in [7, 11) is -6.99. The lowest BCUT2D eigenvalue weighted by molar-refractivity contribution is 0.0937. The molecule has 0 unspecified atom stereocenters. The van der Waals surface area contributed by atoms with Gasteiger partial charge in [0.15, 0.2) is 21.5 Å². The van der Waals surface area contributed by atoms with Crippen LogP contribution in [0, 0.1) is 0 Å². The Balaban J connectivity index is 1.82. The molecule has 0 fully saturated rings. The summed E-state index contributed by atoms with van der Waals surface area (Å²) in [5.74, 6) is 0.139. The Morgan fingerprint density at radius 3 is 2.41 bits per heavy atom. The zero-order valence-corrected chi connectivity index (χ0v) is 19.5. The van der Waals surface area contributed by atoms with E-state index in [2.05, 4.69) is 25.1 Å². The molecule has 2 N–H and O–H groups in total. The van der Waals surface area contributed by atoms with Gasteiger partial charge >= 0.3 is 0 Å². The number of aromatic nitrogens is 4. The van der Waals surface area contributed by atoms with Gasteiger partial charge in [0.2, 0.25) is 10.0 Å². The van der Waals surface area contributed by atoms with Crippen LogP contribution in [0.1, 0.15) is 29.1 Å². The standard InChI is InChI=1S/C18H19ClN6O5S2/c1-11(23-18(26)12-6-13(19)8-15(7-12)31(2,27)28)17-21-10-22-25(17)16-5-4-14(9-20-16)24-32(3,29)30/h4-11,24H,1-3H3,(H,23,26)/t11-/m1/s1. The summed E-state index contributed by atoms with van der Waals surface area (Å²) in [6.45, 7) is 1.67. The second-order valence-corrected chi connectivity index (χ2v) is 11.2. The summed E-state index contributed by atoms with van der Waals surface area (Å²) in [6, 6.07) is 6.27. The number of anilines is 1. The summed E-state index contributed by atoms with van der Waals surface area (Å²) >= 11 is 5.97. The topological polar surface area (TPSA) is 153 Å². The van der Waals surface area contributed by atoms with E-state index in [1.165, 1.54) is 47.5 Å². The van der Waals surface area contributed by atoms with Crippen molar-refractivity contribution in [1.29, 1.82) is 0 Å². The lowest BCUT2D eigenvalue weighted by Crippen LogP contribution is -2.29. The molecule has 170 valence electrons. The molecule has 0 radical (unpaired) electrons. The van der Waals surface area contributed by atoms with Gasteiger partial charge in [0.25, 0.3) is 5.91 Å². The average Bonchev–Trinajstić information content (AvgIpc) is 3.16. The van der Waals surface area contributed by atoms with Crippen molar-refractivity contribution in [2.24, 2.45) is 0 Å². The fraction of sp³-hybridized carbons (Fsp3) is 0.222. The van der Waals surface area contributed by atoms with Crippen LogP contribution in [0.4, 0.5) is 5.69 Å². The van der Waals surface area contributed by atoms with Gasteiger partial charge in [-0.2, -0.15) is 9.78 Å². The summed E-state index contributed by atoms with van der Waals surface area (Å²) in [6.07, 6.45) is 4.65. The molecule has 0 saturated carbocycles. The number of carbonyl (C=O) groups is 1. The molecule has 2 aromatic heterocycles. The minimum absolute atomic E-state index is 0.0713. The molecule has 11 nitrogen and oxygen atoms in total. The Labute approximate surface area is 189 Å². The number of nitrogens with one attached hydrogen (secondary N) is 2. The number of amides is 1. The van der Waals surface area contributed by atoms with E-state index in [4.69, 9.17) is 11.6 Å². The molecule has 1 atom stereocenters. The Bertz CT molecular complexity index is 1370. The van der Waals surface area contributed by atoms with Crippen LogP contribution >= 0.6 is 11.6 Å². The molecule has 32 heavy (non-hydrogen) atoms. The Hall–Kier alpha value is -3.03. The molecule has 1 amide bonds. The molecule has 3 aromatic rings. The zero-order valence-electron chi connectivity index (χ0n) is 17.1. The number of hydrogen-bond acceptors (Lipinski definition) is 8. The van der Waals surface area contributed by atoms with E-state index in [0.29, 0.717) is 11.6 Å². The first-order valence-electron chi connectivity index (χ1n) is 8.99. The monoisotopic (exact) mass is 498 g/mol. The van der Waals surface area contributed by atoms with Crippen molar-refractivity contribution in [2.75, 3.05) is 17.2 Å². The highest BCUT2D eigenvalue weighted by Gasteiger charge is 2.20. The van der Waals surface area contributed by atoms with Crippen molar-refractivity contribution in [3.63, 3.8) is 0 Å². The maximum absolute atomic E-state index is 12.7. The Kier molecular flexibility index (Phi) is 6.53. The molecular formula is C18H19ClN6O5S2. The normalized spacial score (nSPS) is 12.9. The number of rotatable bonds is 7. The summed E-state index contributed by atoms with van der Waals surface area (Å²) in [4.78, 5) is 21.0. The van der Waals surface area contributed by atoms with Crippen molar-refractivity contribution in [1.82, 2.24) is 25.1 Å². The first-order valence-corrected chi connectivity index (χ1v) is 13.2. The Morgan fingerprint density at radius 1 is 1.09 bits per heavy atom. The van der Waals surface area contributed by atoms with Gasteiger partial charge in [-0.3, -0.25) is 9.52 Å². The molecule has 3 rings (SSSR count). The summed E-state index contributed by atoms with van der Waals surface area (Å²) in [5, 5.41) is 6.94. The predicted octanol–water partition coefficient (Wildman–Crippen LogP) is 1.58. The molecule has 2 heterocycles. The van der Waals surface area contributed by atoms with Gasteiger partial charge in [-0.15, -0.1) is 0 Å².